The lowest BCUT2D eigenvalue weighted by atomic mass is 9.96. The summed E-state index contributed by atoms with van der Waals surface area (Å²) in [5.74, 6) is -0.801. The topological polar surface area (TPSA) is 92.8 Å². The average molecular weight is 465 g/mol. The SMILES string of the molecule is COC(=O)C1CCN(C(=O)c2ccc(Cl)c(S(=O)(=O)Nc3cccc(C)c3C)c2)CC1. The third kappa shape index (κ3) is 5.02. The van der Waals surface area contributed by atoms with Crippen LogP contribution in [0, 0.1) is 19.8 Å². The second-order valence-corrected chi connectivity index (χ2v) is 9.65. The molecule has 7 nitrogen and oxygen atoms in total. The van der Waals surface area contributed by atoms with Crippen LogP contribution in [0.5, 0.6) is 0 Å². The summed E-state index contributed by atoms with van der Waals surface area (Å²) in [6.07, 6.45) is 1.01. The minimum absolute atomic E-state index is 0.0266. The molecule has 0 bridgehead atoms. The van der Waals surface area contributed by atoms with Crippen LogP contribution in [0.15, 0.2) is 41.3 Å². The van der Waals surface area contributed by atoms with E-state index in [0.29, 0.717) is 31.6 Å². The highest BCUT2D eigenvalue weighted by atomic mass is 35.5. The number of likely N-dealkylation sites (tertiary alicyclic amines) is 1. The van der Waals surface area contributed by atoms with Gasteiger partial charge in [0.2, 0.25) is 0 Å². The molecule has 0 spiro atoms. The number of ether oxygens (including phenoxy) is 1. The number of hydrogen-bond donors (Lipinski definition) is 1. The molecular weight excluding hydrogens is 440 g/mol. The van der Waals surface area contributed by atoms with Crippen LogP contribution in [-0.2, 0) is 19.6 Å². The number of carbonyl (C=O) groups excluding carboxylic acids is 2. The zero-order chi connectivity index (χ0) is 22.8. The molecule has 1 N–H and O–H groups in total. The van der Waals surface area contributed by atoms with E-state index in [4.69, 9.17) is 16.3 Å². The number of esters is 1. The highest BCUT2D eigenvalue weighted by molar-refractivity contribution is 7.92. The van der Waals surface area contributed by atoms with Crippen molar-refractivity contribution in [2.24, 2.45) is 5.92 Å². The molecule has 2 aromatic carbocycles. The minimum Gasteiger partial charge on any atom is -0.469 e. The Balaban J connectivity index is 1.82. The van der Waals surface area contributed by atoms with E-state index in [-0.39, 0.29) is 33.3 Å². The first kappa shape index (κ1) is 23.1. The number of aryl methyl sites for hydroxylation is 1. The second kappa shape index (κ2) is 9.28. The molecule has 0 radical (unpaired) electrons. The van der Waals surface area contributed by atoms with E-state index in [1.807, 2.05) is 19.9 Å². The Kier molecular flexibility index (Phi) is 6.91. The highest BCUT2D eigenvalue weighted by Gasteiger charge is 2.29. The highest BCUT2D eigenvalue weighted by Crippen LogP contribution is 2.28. The number of rotatable bonds is 5. The van der Waals surface area contributed by atoms with Crippen LogP contribution in [0.3, 0.4) is 0 Å². The molecule has 0 atom stereocenters. The number of sulfonamides is 1. The molecular formula is C22H25ClN2O5S. The molecule has 1 heterocycles. The van der Waals surface area contributed by atoms with Gasteiger partial charge in [0, 0.05) is 18.7 Å². The van der Waals surface area contributed by atoms with Gasteiger partial charge in [-0.25, -0.2) is 8.42 Å². The van der Waals surface area contributed by atoms with Gasteiger partial charge in [-0.15, -0.1) is 0 Å². The van der Waals surface area contributed by atoms with Crippen LogP contribution in [0.1, 0.15) is 34.3 Å². The predicted octanol–water partition coefficient (Wildman–Crippen LogP) is 3.78. The average Bonchev–Trinajstić information content (AvgIpc) is 2.76. The smallest absolute Gasteiger partial charge is 0.308 e. The zero-order valence-electron chi connectivity index (χ0n) is 17.6. The van der Waals surface area contributed by atoms with E-state index in [1.54, 1.807) is 17.0 Å². The van der Waals surface area contributed by atoms with Gasteiger partial charge >= 0.3 is 5.97 Å². The van der Waals surface area contributed by atoms with Gasteiger partial charge < -0.3 is 9.64 Å². The number of amides is 1. The summed E-state index contributed by atoms with van der Waals surface area (Å²) in [5, 5.41) is 0.0266. The molecule has 2 aromatic rings. The fraction of sp³-hybridized carbons (Fsp3) is 0.364. The number of nitrogens with one attached hydrogen (secondary N) is 1. The maximum absolute atomic E-state index is 13.0. The molecule has 0 saturated carbocycles. The quantitative estimate of drug-likeness (QED) is 0.679. The van der Waals surface area contributed by atoms with Crippen molar-refractivity contribution in [1.82, 2.24) is 4.90 Å². The van der Waals surface area contributed by atoms with Crippen molar-refractivity contribution in [3.8, 4) is 0 Å². The summed E-state index contributed by atoms with van der Waals surface area (Å²) in [6.45, 7) is 4.50. The van der Waals surface area contributed by atoms with Gasteiger partial charge in [-0.1, -0.05) is 23.7 Å². The van der Waals surface area contributed by atoms with E-state index in [2.05, 4.69) is 4.72 Å². The van der Waals surface area contributed by atoms with E-state index in [9.17, 15) is 18.0 Å². The van der Waals surface area contributed by atoms with Crippen LogP contribution in [-0.4, -0.2) is 45.4 Å². The molecule has 0 aliphatic carbocycles. The third-order valence-electron chi connectivity index (χ3n) is 5.63. The van der Waals surface area contributed by atoms with Crippen LogP contribution < -0.4 is 4.72 Å². The number of anilines is 1. The minimum atomic E-state index is -4.01. The van der Waals surface area contributed by atoms with E-state index in [0.717, 1.165) is 11.1 Å². The van der Waals surface area contributed by atoms with Crippen molar-refractivity contribution in [3.05, 3.63) is 58.1 Å². The Morgan fingerprint density at radius 2 is 1.81 bits per heavy atom. The first-order valence-electron chi connectivity index (χ1n) is 9.89. The molecule has 1 fully saturated rings. The van der Waals surface area contributed by atoms with Crippen LogP contribution in [0.4, 0.5) is 5.69 Å². The maximum atomic E-state index is 13.0. The Hall–Kier alpha value is -2.58. The van der Waals surface area contributed by atoms with E-state index < -0.39 is 10.0 Å². The number of piperidine rings is 1. The molecule has 31 heavy (non-hydrogen) atoms. The summed E-state index contributed by atoms with van der Waals surface area (Å²) in [4.78, 5) is 26.1. The van der Waals surface area contributed by atoms with Crippen molar-refractivity contribution in [2.75, 3.05) is 24.9 Å². The lowest BCUT2D eigenvalue weighted by Crippen LogP contribution is -2.40. The van der Waals surface area contributed by atoms with Crippen molar-refractivity contribution < 1.29 is 22.7 Å². The molecule has 0 unspecified atom stereocenters. The monoisotopic (exact) mass is 464 g/mol. The standard InChI is InChI=1S/C22H25ClN2O5S/c1-14-5-4-6-19(15(14)2)24-31(28,29)20-13-17(7-8-18(20)23)21(26)25-11-9-16(10-12-25)22(27)30-3/h4-8,13,16,24H,9-12H2,1-3H3. The van der Waals surface area contributed by atoms with Crippen LogP contribution in [0.25, 0.3) is 0 Å². The van der Waals surface area contributed by atoms with Gasteiger partial charge in [-0.3, -0.25) is 14.3 Å². The summed E-state index contributed by atoms with van der Waals surface area (Å²) in [7, 11) is -2.66. The summed E-state index contributed by atoms with van der Waals surface area (Å²) < 4.78 is 33.4. The van der Waals surface area contributed by atoms with Crippen molar-refractivity contribution in [1.29, 1.82) is 0 Å². The Bertz CT molecular complexity index is 1110. The fourth-order valence-electron chi connectivity index (χ4n) is 3.57. The predicted molar refractivity (Wildman–Crippen MR) is 119 cm³/mol. The molecule has 3 rings (SSSR count). The second-order valence-electron chi connectivity index (χ2n) is 7.59. The lowest BCUT2D eigenvalue weighted by Gasteiger charge is -2.30. The Morgan fingerprint density at radius 1 is 1.13 bits per heavy atom. The Morgan fingerprint density at radius 3 is 2.45 bits per heavy atom. The van der Waals surface area contributed by atoms with Gasteiger partial charge in [-0.2, -0.15) is 0 Å². The third-order valence-corrected chi connectivity index (χ3v) is 7.48. The largest absolute Gasteiger partial charge is 0.469 e. The first-order chi connectivity index (χ1) is 14.6. The molecule has 9 heteroatoms. The van der Waals surface area contributed by atoms with Crippen molar-refractivity contribution >= 4 is 39.2 Å². The van der Waals surface area contributed by atoms with Crippen molar-refractivity contribution in [3.63, 3.8) is 0 Å². The number of carbonyl (C=O) groups is 2. The molecule has 1 aliphatic rings. The molecule has 1 amide bonds. The molecule has 166 valence electrons. The molecule has 1 aliphatic heterocycles. The number of benzene rings is 2. The molecule has 0 aromatic heterocycles. The summed E-state index contributed by atoms with van der Waals surface area (Å²) in [5.41, 5.74) is 2.44. The summed E-state index contributed by atoms with van der Waals surface area (Å²) in [6, 6.07) is 9.54. The Labute approximate surface area is 187 Å². The number of nitrogens with zero attached hydrogens (tertiary/aromatic N) is 1. The number of hydrogen-bond acceptors (Lipinski definition) is 5. The zero-order valence-corrected chi connectivity index (χ0v) is 19.2. The van der Waals surface area contributed by atoms with Gasteiger partial charge in [0.1, 0.15) is 4.90 Å². The van der Waals surface area contributed by atoms with Gasteiger partial charge in [0.05, 0.1) is 23.7 Å². The van der Waals surface area contributed by atoms with Crippen LogP contribution >= 0.6 is 11.6 Å². The van der Waals surface area contributed by atoms with Crippen LogP contribution in [0.2, 0.25) is 5.02 Å². The van der Waals surface area contributed by atoms with Gasteiger partial charge in [0.15, 0.2) is 0 Å². The number of halogens is 1. The number of methoxy groups -OCH3 is 1. The normalized spacial score (nSPS) is 14.9. The maximum Gasteiger partial charge on any atom is 0.308 e. The first-order valence-corrected chi connectivity index (χ1v) is 11.8. The summed E-state index contributed by atoms with van der Waals surface area (Å²) >= 11 is 6.18. The van der Waals surface area contributed by atoms with E-state index >= 15 is 0 Å². The molecule has 1 saturated heterocycles. The van der Waals surface area contributed by atoms with E-state index in [1.165, 1.54) is 25.3 Å². The van der Waals surface area contributed by atoms with Gasteiger partial charge in [0.25, 0.3) is 15.9 Å². The van der Waals surface area contributed by atoms with Crippen molar-refractivity contribution in [2.45, 2.75) is 31.6 Å². The fourth-order valence-corrected chi connectivity index (χ4v) is 5.22. The lowest BCUT2D eigenvalue weighted by molar-refractivity contribution is -0.146. The van der Waals surface area contributed by atoms with Gasteiger partial charge in [-0.05, 0) is 62.1 Å².